The Morgan fingerprint density at radius 2 is 1.89 bits per heavy atom. The number of rotatable bonds is 0. The highest BCUT2D eigenvalue weighted by molar-refractivity contribution is 5.93. The molecule has 0 heterocycles. The summed E-state index contributed by atoms with van der Waals surface area (Å²) in [5.41, 5.74) is 1.11. The van der Waals surface area contributed by atoms with Gasteiger partial charge >= 0.3 is 0 Å². The van der Waals surface area contributed by atoms with E-state index in [0.29, 0.717) is 0 Å². The van der Waals surface area contributed by atoms with Gasteiger partial charge in [-0.3, -0.25) is 4.79 Å². The number of carbonyl (C=O) groups excluding carboxylic acids is 1. The Balaban J connectivity index is 3.91. The molecule has 1 heteroatoms. The highest BCUT2D eigenvalue weighted by Gasteiger charge is 1.75. The number of Topliss-reactive ketones (excluding diaryl/α,β-unsaturated/α-hetero) is 1. The number of hydrogen-bond acceptors (Lipinski definition) is 1. The normalized spacial score (nSPS) is 7.00. The molecule has 0 aliphatic carbocycles. The van der Waals surface area contributed by atoms with Crippen LogP contribution in [-0.2, 0) is 4.79 Å². The van der Waals surface area contributed by atoms with Gasteiger partial charge in [-0.15, -0.1) is 0 Å². The first-order chi connectivity index (χ1) is 4.13. The molecule has 0 saturated carbocycles. The van der Waals surface area contributed by atoms with Crippen LogP contribution in [0.3, 0.4) is 0 Å². The molecule has 0 saturated heterocycles. The lowest BCUT2D eigenvalue weighted by Crippen LogP contribution is -1.78. The smallest absolute Gasteiger partial charge is 0.202 e. The molecule has 0 N–H and O–H groups in total. The Labute approximate surface area is 55.8 Å². The molecule has 0 aliphatic rings. The fraction of sp³-hybridized carbons (Fsp3) is 0.375. The number of ketones is 1. The molecule has 0 aliphatic heterocycles. The predicted molar refractivity (Wildman–Crippen MR) is 37.9 cm³/mol. The minimum absolute atomic E-state index is 0.0903. The first-order valence-corrected chi connectivity index (χ1v) is 2.78. The third-order valence-electron chi connectivity index (χ3n) is 0.609. The summed E-state index contributed by atoms with van der Waals surface area (Å²) < 4.78 is 0. The first-order valence-electron chi connectivity index (χ1n) is 2.78. The first kappa shape index (κ1) is 7.97. The van der Waals surface area contributed by atoms with Gasteiger partial charge in [-0.25, -0.2) is 0 Å². The van der Waals surface area contributed by atoms with Gasteiger partial charge < -0.3 is 0 Å². The number of allylic oxidation sites excluding steroid dienone is 2. The van der Waals surface area contributed by atoms with Gasteiger partial charge in [-0.1, -0.05) is 11.5 Å². The second kappa shape index (κ2) is 3.91. The van der Waals surface area contributed by atoms with Crippen LogP contribution in [-0.4, -0.2) is 5.78 Å². The molecular weight excluding hydrogens is 112 g/mol. The zero-order valence-electron chi connectivity index (χ0n) is 5.99. The highest BCUT2D eigenvalue weighted by atomic mass is 16.1. The van der Waals surface area contributed by atoms with Crippen molar-refractivity contribution < 1.29 is 4.79 Å². The van der Waals surface area contributed by atoms with E-state index in [1.165, 1.54) is 6.92 Å². The highest BCUT2D eigenvalue weighted by Crippen LogP contribution is 1.84. The average molecular weight is 122 g/mol. The van der Waals surface area contributed by atoms with Gasteiger partial charge in [0, 0.05) is 6.92 Å². The Kier molecular flexibility index (Phi) is 3.46. The van der Waals surface area contributed by atoms with E-state index in [-0.39, 0.29) is 5.78 Å². The quantitative estimate of drug-likeness (QED) is 0.352. The fourth-order valence-corrected chi connectivity index (χ4v) is 0.282. The molecule has 0 bridgehead atoms. The zero-order valence-corrected chi connectivity index (χ0v) is 5.99. The number of carbonyl (C=O) groups is 1. The van der Waals surface area contributed by atoms with Crippen LogP contribution in [0, 0.1) is 11.8 Å². The molecule has 0 fully saturated rings. The molecule has 0 aromatic carbocycles. The lowest BCUT2D eigenvalue weighted by molar-refractivity contribution is -0.111. The third-order valence-corrected chi connectivity index (χ3v) is 0.609. The standard InChI is InChI=1S/C8H10O/c1-7(2)5-4-6-8(3)9/h5H,1-3H3. The Bertz CT molecular complexity index is 184. The molecular formula is C8H10O. The summed E-state index contributed by atoms with van der Waals surface area (Å²) in [6, 6.07) is 0. The van der Waals surface area contributed by atoms with Crippen LogP contribution in [0.4, 0.5) is 0 Å². The van der Waals surface area contributed by atoms with Crippen molar-refractivity contribution >= 4 is 5.78 Å². The van der Waals surface area contributed by atoms with Crippen LogP contribution in [0.1, 0.15) is 20.8 Å². The molecule has 0 unspecified atom stereocenters. The average Bonchev–Trinajstić information content (AvgIpc) is 1.63. The van der Waals surface area contributed by atoms with E-state index in [4.69, 9.17) is 0 Å². The van der Waals surface area contributed by atoms with Crippen molar-refractivity contribution in [2.45, 2.75) is 20.8 Å². The van der Waals surface area contributed by atoms with Gasteiger partial charge in [0.15, 0.2) is 0 Å². The van der Waals surface area contributed by atoms with Gasteiger partial charge in [0.25, 0.3) is 0 Å². The molecule has 0 amide bonds. The molecule has 0 rings (SSSR count). The molecule has 0 atom stereocenters. The molecule has 0 radical (unpaired) electrons. The van der Waals surface area contributed by atoms with Crippen LogP contribution in [0.5, 0.6) is 0 Å². The lowest BCUT2D eigenvalue weighted by atomic mass is 10.3. The molecule has 9 heavy (non-hydrogen) atoms. The maximum absolute atomic E-state index is 10.2. The van der Waals surface area contributed by atoms with Crippen molar-refractivity contribution in [3.05, 3.63) is 11.6 Å². The molecule has 0 aromatic rings. The van der Waals surface area contributed by atoms with Crippen LogP contribution in [0.15, 0.2) is 11.6 Å². The topological polar surface area (TPSA) is 17.1 Å². The van der Waals surface area contributed by atoms with E-state index in [2.05, 4.69) is 11.8 Å². The predicted octanol–water partition coefficient (Wildman–Crippen LogP) is 1.54. The number of hydrogen-bond donors (Lipinski definition) is 0. The Hall–Kier alpha value is -1.03. The van der Waals surface area contributed by atoms with Crippen LogP contribution >= 0.6 is 0 Å². The molecule has 1 nitrogen and oxygen atoms in total. The van der Waals surface area contributed by atoms with Crippen molar-refractivity contribution in [3.8, 4) is 11.8 Å². The summed E-state index contributed by atoms with van der Waals surface area (Å²) in [4.78, 5) is 10.2. The van der Waals surface area contributed by atoms with Crippen molar-refractivity contribution in [1.29, 1.82) is 0 Å². The maximum Gasteiger partial charge on any atom is 0.202 e. The van der Waals surface area contributed by atoms with E-state index >= 15 is 0 Å². The fourth-order valence-electron chi connectivity index (χ4n) is 0.282. The van der Waals surface area contributed by atoms with Crippen LogP contribution < -0.4 is 0 Å². The van der Waals surface area contributed by atoms with Crippen molar-refractivity contribution in [3.63, 3.8) is 0 Å². The van der Waals surface area contributed by atoms with Gasteiger partial charge in [-0.05, 0) is 25.8 Å². The second-order valence-corrected chi connectivity index (χ2v) is 2.05. The monoisotopic (exact) mass is 122 g/mol. The maximum atomic E-state index is 10.2. The van der Waals surface area contributed by atoms with E-state index < -0.39 is 0 Å². The summed E-state index contributed by atoms with van der Waals surface area (Å²) in [6.07, 6.45) is 1.72. The molecule has 0 spiro atoms. The minimum Gasteiger partial charge on any atom is -0.285 e. The van der Waals surface area contributed by atoms with Gasteiger partial charge in [0.05, 0.1) is 0 Å². The van der Waals surface area contributed by atoms with Crippen molar-refractivity contribution in [2.75, 3.05) is 0 Å². The van der Waals surface area contributed by atoms with E-state index in [0.717, 1.165) is 5.57 Å². The summed E-state index contributed by atoms with van der Waals surface area (Å²) in [5.74, 6) is 4.94. The summed E-state index contributed by atoms with van der Waals surface area (Å²) in [6.45, 7) is 5.33. The van der Waals surface area contributed by atoms with Gasteiger partial charge in [0.1, 0.15) is 0 Å². The van der Waals surface area contributed by atoms with E-state index in [9.17, 15) is 4.79 Å². The zero-order chi connectivity index (χ0) is 7.28. The molecule has 0 aromatic heterocycles. The van der Waals surface area contributed by atoms with Crippen LogP contribution in [0.2, 0.25) is 0 Å². The Morgan fingerprint density at radius 1 is 1.33 bits per heavy atom. The van der Waals surface area contributed by atoms with Crippen molar-refractivity contribution in [1.82, 2.24) is 0 Å². The summed E-state index contributed by atoms with van der Waals surface area (Å²) >= 11 is 0. The van der Waals surface area contributed by atoms with Crippen molar-refractivity contribution in [2.24, 2.45) is 0 Å². The van der Waals surface area contributed by atoms with Gasteiger partial charge in [0.2, 0.25) is 5.78 Å². The summed E-state index contributed by atoms with van der Waals surface area (Å²) in [5, 5.41) is 0. The summed E-state index contributed by atoms with van der Waals surface area (Å²) in [7, 11) is 0. The lowest BCUT2D eigenvalue weighted by Gasteiger charge is -1.76. The largest absolute Gasteiger partial charge is 0.285 e. The van der Waals surface area contributed by atoms with Gasteiger partial charge in [-0.2, -0.15) is 0 Å². The SMILES string of the molecule is CC(=O)C#CC=C(C)C. The van der Waals surface area contributed by atoms with E-state index in [1.54, 1.807) is 6.08 Å². The molecule has 48 valence electrons. The third kappa shape index (κ3) is 6.97. The van der Waals surface area contributed by atoms with E-state index in [1.807, 2.05) is 13.8 Å². The second-order valence-electron chi connectivity index (χ2n) is 2.05. The Morgan fingerprint density at radius 3 is 2.22 bits per heavy atom. The minimum atomic E-state index is -0.0903. The van der Waals surface area contributed by atoms with Crippen LogP contribution in [0.25, 0.3) is 0 Å².